The first-order valence-electron chi connectivity index (χ1n) is 7.54. The summed E-state index contributed by atoms with van der Waals surface area (Å²) in [6, 6.07) is 5.22. The molecule has 0 bridgehead atoms. The van der Waals surface area contributed by atoms with Crippen LogP contribution in [-0.2, 0) is 0 Å². The number of piperidine rings is 2. The number of phenols is 1. The number of benzene rings is 1. The van der Waals surface area contributed by atoms with E-state index in [-0.39, 0.29) is 11.7 Å². The van der Waals surface area contributed by atoms with Gasteiger partial charge in [-0.1, -0.05) is 11.6 Å². The monoisotopic (exact) mass is 308 g/mol. The van der Waals surface area contributed by atoms with Crippen LogP contribution in [0, 0.1) is 5.92 Å². The number of hydrogen-bond donors (Lipinski definition) is 1. The molecule has 2 aliphatic heterocycles. The van der Waals surface area contributed by atoms with Gasteiger partial charge in [0, 0.05) is 24.2 Å². The average molecular weight is 309 g/mol. The van der Waals surface area contributed by atoms with Gasteiger partial charge in [0.15, 0.2) is 0 Å². The third-order valence-corrected chi connectivity index (χ3v) is 5.06. The van der Waals surface area contributed by atoms with Crippen molar-refractivity contribution in [2.45, 2.75) is 25.3 Å². The van der Waals surface area contributed by atoms with Gasteiger partial charge in [0.1, 0.15) is 5.75 Å². The van der Waals surface area contributed by atoms with E-state index in [1.807, 2.05) is 4.90 Å². The normalized spacial score (nSPS) is 26.5. The molecular formula is C16H21ClN2O2. The number of carbonyl (C=O) groups is 1. The standard InChI is InChI=1S/C16H21ClN2O2/c1-18-7-2-3-11-10-19(8-6-14(11)18)16(21)13-9-12(17)4-5-15(13)20/h4-5,9,11,14,20H,2-3,6-8,10H2,1H3. The van der Waals surface area contributed by atoms with E-state index in [1.165, 1.54) is 18.9 Å². The topological polar surface area (TPSA) is 43.8 Å². The first-order chi connectivity index (χ1) is 10.1. The molecule has 21 heavy (non-hydrogen) atoms. The lowest BCUT2D eigenvalue weighted by Crippen LogP contribution is -2.53. The van der Waals surface area contributed by atoms with Crippen molar-refractivity contribution in [1.82, 2.24) is 9.80 Å². The van der Waals surface area contributed by atoms with E-state index in [1.54, 1.807) is 12.1 Å². The number of phenolic OH excluding ortho intramolecular Hbond substituents is 1. The van der Waals surface area contributed by atoms with Gasteiger partial charge in [0.2, 0.25) is 0 Å². The van der Waals surface area contributed by atoms with Crippen LogP contribution in [0.25, 0.3) is 0 Å². The maximum absolute atomic E-state index is 12.6. The zero-order chi connectivity index (χ0) is 15.0. The number of likely N-dealkylation sites (tertiary alicyclic amines) is 2. The summed E-state index contributed by atoms with van der Waals surface area (Å²) < 4.78 is 0. The highest BCUT2D eigenvalue weighted by Crippen LogP contribution is 2.31. The van der Waals surface area contributed by atoms with Crippen molar-refractivity contribution in [2.24, 2.45) is 5.92 Å². The first-order valence-corrected chi connectivity index (χ1v) is 7.92. The number of nitrogens with zero attached hydrogens (tertiary/aromatic N) is 2. The van der Waals surface area contributed by atoms with E-state index >= 15 is 0 Å². The third kappa shape index (κ3) is 2.87. The summed E-state index contributed by atoms with van der Waals surface area (Å²) in [5, 5.41) is 10.4. The second-order valence-corrected chi connectivity index (χ2v) is 6.59. The number of amides is 1. The maximum Gasteiger partial charge on any atom is 0.257 e. The van der Waals surface area contributed by atoms with Gasteiger partial charge in [-0.15, -0.1) is 0 Å². The minimum Gasteiger partial charge on any atom is -0.507 e. The highest BCUT2D eigenvalue weighted by Gasteiger charge is 2.36. The van der Waals surface area contributed by atoms with Crippen LogP contribution in [0.2, 0.25) is 5.02 Å². The quantitative estimate of drug-likeness (QED) is 0.867. The Morgan fingerprint density at radius 3 is 2.95 bits per heavy atom. The molecule has 2 saturated heterocycles. The molecular weight excluding hydrogens is 288 g/mol. The van der Waals surface area contributed by atoms with Crippen LogP contribution < -0.4 is 0 Å². The number of rotatable bonds is 1. The molecule has 1 amide bonds. The van der Waals surface area contributed by atoms with Crippen LogP contribution >= 0.6 is 11.6 Å². The fourth-order valence-corrected chi connectivity index (χ4v) is 3.86. The van der Waals surface area contributed by atoms with Crippen molar-refractivity contribution < 1.29 is 9.90 Å². The van der Waals surface area contributed by atoms with Gasteiger partial charge >= 0.3 is 0 Å². The van der Waals surface area contributed by atoms with Crippen molar-refractivity contribution in [1.29, 1.82) is 0 Å². The van der Waals surface area contributed by atoms with Gasteiger partial charge in [-0.3, -0.25) is 4.79 Å². The fraction of sp³-hybridized carbons (Fsp3) is 0.562. The molecule has 1 aromatic carbocycles. The molecule has 2 aliphatic rings. The molecule has 0 spiro atoms. The summed E-state index contributed by atoms with van der Waals surface area (Å²) in [5.74, 6) is 0.441. The number of carbonyl (C=O) groups excluding carboxylic acids is 1. The Balaban J connectivity index is 1.76. The highest BCUT2D eigenvalue weighted by atomic mass is 35.5. The molecule has 1 N–H and O–H groups in total. The Hall–Kier alpha value is -1.26. The van der Waals surface area contributed by atoms with Gasteiger partial charge in [-0.25, -0.2) is 0 Å². The summed E-state index contributed by atoms with van der Waals surface area (Å²) in [6.45, 7) is 2.68. The van der Waals surface area contributed by atoms with E-state index in [4.69, 9.17) is 11.6 Å². The van der Waals surface area contributed by atoms with Gasteiger partial charge in [0.25, 0.3) is 5.91 Å². The second kappa shape index (κ2) is 5.85. The molecule has 0 aromatic heterocycles. The van der Waals surface area contributed by atoms with Crippen molar-refractivity contribution in [3.05, 3.63) is 28.8 Å². The minimum atomic E-state index is -0.110. The molecule has 3 rings (SSSR count). The molecule has 0 radical (unpaired) electrons. The molecule has 114 valence electrons. The Bertz CT molecular complexity index is 549. The summed E-state index contributed by atoms with van der Waals surface area (Å²) in [7, 11) is 2.18. The smallest absolute Gasteiger partial charge is 0.257 e. The summed E-state index contributed by atoms with van der Waals surface area (Å²) in [6.07, 6.45) is 3.39. The van der Waals surface area contributed by atoms with Crippen LogP contribution in [-0.4, -0.2) is 53.5 Å². The van der Waals surface area contributed by atoms with Crippen molar-refractivity contribution >= 4 is 17.5 Å². The molecule has 2 atom stereocenters. The first kappa shape index (κ1) is 14.7. The largest absolute Gasteiger partial charge is 0.507 e. The Kier molecular flexibility index (Phi) is 4.09. The van der Waals surface area contributed by atoms with E-state index in [9.17, 15) is 9.90 Å². The van der Waals surface area contributed by atoms with Crippen LogP contribution in [0.3, 0.4) is 0 Å². The summed E-state index contributed by atoms with van der Waals surface area (Å²) in [4.78, 5) is 16.9. The van der Waals surface area contributed by atoms with Crippen molar-refractivity contribution in [3.63, 3.8) is 0 Å². The van der Waals surface area contributed by atoms with Gasteiger partial charge in [-0.05, 0) is 57.0 Å². The maximum atomic E-state index is 12.6. The molecule has 1 aromatic rings. The molecule has 5 heteroatoms. The molecule has 4 nitrogen and oxygen atoms in total. The third-order valence-electron chi connectivity index (χ3n) is 4.82. The number of aromatic hydroxyl groups is 1. The van der Waals surface area contributed by atoms with Gasteiger partial charge < -0.3 is 14.9 Å². The highest BCUT2D eigenvalue weighted by molar-refractivity contribution is 6.31. The van der Waals surface area contributed by atoms with E-state index in [2.05, 4.69) is 11.9 Å². The molecule has 0 saturated carbocycles. The molecule has 0 aliphatic carbocycles. The summed E-state index contributed by atoms with van der Waals surface area (Å²) >= 11 is 5.94. The average Bonchev–Trinajstić information content (AvgIpc) is 2.49. The Morgan fingerprint density at radius 1 is 1.33 bits per heavy atom. The van der Waals surface area contributed by atoms with Crippen LogP contribution in [0.5, 0.6) is 5.75 Å². The zero-order valence-electron chi connectivity index (χ0n) is 12.3. The molecule has 2 heterocycles. The lowest BCUT2D eigenvalue weighted by Gasteiger charge is -2.46. The number of fused-ring (bicyclic) bond motifs is 1. The SMILES string of the molecule is CN1CCCC2CN(C(=O)c3cc(Cl)ccc3O)CCC21. The van der Waals surface area contributed by atoms with E-state index in [0.29, 0.717) is 22.5 Å². The zero-order valence-corrected chi connectivity index (χ0v) is 13.0. The van der Waals surface area contributed by atoms with E-state index < -0.39 is 0 Å². The lowest BCUT2D eigenvalue weighted by atomic mass is 9.84. The van der Waals surface area contributed by atoms with Gasteiger partial charge in [-0.2, -0.15) is 0 Å². The van der Waals surface area contributed by atoms with Crippen LogP contribution in [0.15, 0.2) is 18.2 Å². The summed E-state index contributed by atoms with van der Waals surface area (Å²) in [5.41, 5.74) is 0.310. The molecule has 2 unspecified atom stereocenters. The van der Waals surface area contributed by atoms with Crippen LogP contribution in [0.1, 0.15) is 29.6 Å². The van der Waals surface area contributed by atoms with Crippen molar-refractivity contribution in [3.8, 4) is 5.75 Å². The Morgan fingerprint density at radius 2 is 2.14 bits per heavy atom. The predicted molar refractivity (Wildman–Crippen MR) is 82.8 cm³/mol. The Labute approximate surface area is 130 Å². The molecule has 2 fully saturated rings. The predicted octanol–water partition coefficient (Wildman–Crippen LogP) is 2.60. The minimum absolute atomic E-state index is 0.00675. The second-order valence-electron chi connectivity index (χ2n) is 6.15. The van der Waals surface area contributed by atoms with E-state index in [0.717, 1.165) is 26.1 Å². The van der Waals surface area contributed by atoms with Crippen molar-refractivity contribution in [2.75, 3.05) is 26.7 Å². The lowest BCUT2D eigenvalue weighted by molar-refractivity contribution is 0.0315. The fourth-order valence-electron chi connectivity index (χ4n) is 3.69. The van der Waals surface area contributed by atoms with Gasteiger partial charge in [0.05, 0.1) is 5.56 Å². The van der Waals surface area contributed by atoms with Crippen LogP contribution in [0.4, 0.5) is 0 Å². The number of halogens is 1. The number of hydrogen-bond acceptors (Lipinski definition) is 3.